The second-order valence-corrected chi connectivity index (χ2v) is 15.2. The lowest BCUT2D eigenvalue weighted by molar-refractivity contribution is 0.604. The summed E-state index contributed by atoms with van der Waals surface area (Å²) in [4.78, 5) is 15.3. The monoisotopic (exact) mass is 783 g/mol. The van der Waals surface area contributed by atoms with Gasteiger partial charge in [0.05, 0.1) is 16.9 Å². The van der Waals surface area contributed by atoms with Crippen molar-refractivity contribution in [3.63, 3.8) is 0 Å². The van der Waals surface area contributed by atoms with Gasteiger partial charge < -0.3 is 4.42 Å². The zero-order valence-corrected chi connectivity index (χ0v) is 32.1. The van der Waals surface area contributed by atoms with Gasteiger partial charge in [0.1, 0.15) is 19.6 Å². The Labute approximate surface area is 324 Å². The zero-order chi connectivity index (χ0) is 37.2. The highest BCUT2D eigenvalue weighted by atomic mass is 79.9. The van der Waals surface area contributed by atoms with Crippen LogP contribution in [0.25, 0.3) is 57.3 Å². The number of allylic oxidation sites excluding steroid dienone is 5. The molecule has 3 heterocycles. The van der Waals surface area contributed by atoms with Crippen molar-refractivity contribution >= 4 is 70.0 Å². The molecule has 8 rings (SSSR count). The molecule has 1 aliphatic rings. The number of nitrogens with zero attached hydrogens (tertiary/aromatic N) is 5. The molecule has 7 aromatic rings. The average Bonchev–Trinajstić information content (AvgIpc) is 3.75. The van der Waals surface area contributed by atoms with Gasteiger partial charge in [-0.05, 0) is 61.5 Å². The molecule has 0 saturated heterocycles. The van der Waals surface area contributed by atoms with Crippen LogP contribution in [0.5, 0.6) is 0 Å². The molecule has 2 aromatic heterocycles. The van der Waals surface area contributed by atoms with Crippen LogP contribution in [0.4, 0.5) is 22.7 Å². The number of aromatic nitrogens is 3. The lowest BCUT2D eigenvalue weighted by atomic mass is 10.1. The SMILES string of the molecule is C=C/C=C(\C=C)P1N(c2ccccc2)c2ccc(Br)cc2N1c1cccc(-c2nc(-c3ccccc3)nc(-c3cccc4c(C=C)c(/C=C\C)oc34)n2)c1. The predicted molar refractivity (Wildman–Crippen MR) is 231 cm³/mol. The molecule has 8 heteroatoms. The Hall–Kier alpha value is -6.14. The largest absolute Gasteiger partial charge is 0.455 e. The molecule has 1 unspecified atom stereocenters. The fourth-order valence-electron chi connectivity index (χ4n) is 6.71. The number of benzene rings is 5. The van der Waals surface area contributed by atoms with Gasteiger partial charge in [-0.15, -0.1) is 0 Å². The lowest BCUT2D eigenvalue weighted by Crippen LogP contribution is -2.14. The maximum Gasteiger partial charge on any atom is 0.167 e. The minimum Gasteiger partial charge on any atom is -0.455 e. The Morgan fingerprint density at radius 2 is 1.37 bits per heavy atom. The Bertz CT molecular complexity index is 2610. The molecule has 0 aliphatic carbocycles. The molecule has 5 aromatic carbocycles. The summed E-state index contributed by atoms with van der Waals surface area (Å²) >= 11 is 3.76. The van der Waals surface area contributed by atoms with E-state index in [1.54, 1.807) is 0 Å². The molecule has 0 fully saturated rings. The first-order chi connectivity index (χ1) is 26.5. The standard InChI is InChI=1S/C46H35BrN5OP/c1-5-17-36(7-3)54-51(34-22-13-10-14-23-34)40-28-27-33(47)30-41(40)52(54)35-24-15-21-32(29-35)45-48-44(31-19-11-9-12-20-31)49-46(50-45)39-26-16-25-38-37(8-4)42(18-6-2)53-43(38)39/h5-30H,1,3-4H2,2H3/b18-6-,36-17+. The fraction of sp³-hybridized carbons (Fsp3) is 0.0217. The minimum absolute atomic E-state index is 0.516. The highest BCUT2D eigenvalue weighted by molar-refractivity contribution is 9.10. The van der Waals surface area contributed by atoms with Gasteiger partial charge in [-0.3, -0.25) is 9.34 Å². The van der Waals surface area contributed by atoms with Crippen LogP contribution < -0.4 is 9.34 Å². The number of rotatable bonds is 10. The summed E-state index contributed by atoms with van der Waals surface area (Å²) in [7, 11) is -1.19. The summed E-state index contributed by atoms with van der Waals surface area (Å²) in [5, 5.41) is 2.00. The first-order valence-corrected chi connectivity index (χ1v) is 19.5. The Balaban J connectivity index is 1.33. The second kappa shape index (κ2) is 15.1. The van der Waals surface area contributed by atoms with Gasteiger partial charge in [0.15, 0.2) is 17.5 Å². The minimum atomic E-state index is -1.19. The summed E-state index contributed by atoms with van der Waals surface area (Å²) in [6.07, 6.45) is 11.5. The third-order valence-corrected chi connectivity index (χ3v) is 12.0. The number of furan rings is 1. The molecule has 0 N–H and O–H groups in total. The molecule has 0 amide bonds. The van der Waals surface area contributed by atoms with Crippen LogP contribution in [-0.4, -0.2) is 15.0 Å². The van der Waals surface area contributed by atoms with E-state index in [1.165, 1.54) is 0 Å². The van der Waals surface area contributed by atoms with E-state index >= 15 is 0 Å². The topological polar surface area (TPSA) is 58.3 Å². The smallest absolute Gasteiger partial charge is 0.167 e. The number of hydrogen-bond donors (Lipinski definition) is 0. The summed E-state index contributed by atoms with van der Waals surface area (Å²) in [6, 6.07) is 41.3. The fourth-order valence-corrected chi connectivity index (χ4v) is 9.53. The highest BCUT2D eigenvalue weighted by Crippen LogP contribution is 2.69. The van der Waals surface area contributed by atoms with Crippen molar-refractivity contribution in [1.29, 1.82) is 0 Å². The molecule has 1 atom stereocenters. The third-order valence-electron chi connectivity index (χ3n) is 9.06. The summed E-state index contributed by atoms with van der Waals surface area (Å²) in [5.41, 5.74) is 8.35. The van der Waals surface area contributed by atoms with Crippen molar-refractivity contribution < 1.29 is 4.42 Å². The Morgan fingerprint density at radius 3 is 2.09 bits per heavy atom. The van der Waals surface area contributed by atoms with Crippen molar-refractivity contribution in [3.8, 4) is 34.2 Å². The number of halogens is 1. The van der Waals surface area contributed by atoms with E-state index in [1.807, 2.05) is 104 Å². The van der Waals surface area contributed by atoms with Gasteiger partial charge in [0, 0.05) is 43.2 Å². The van der Waals surface area contributed by atoms with Crippen molar-refractivity contribution in [2.24, 2.45) is 0 Å². The molecule has 0 saturated carbocycles. The Morgan fingerprint density at radius 1 is 0.704 bits per heavy atom. The normalized spacial score (nSPS) is 14.1. The molecule has 0 bridgehead atoms. The second-order valence-electron chi connectivity index (χ2n) is 12.4. The first-order valence-electron chi connectivity index (χ1n) is 17.5. The quantitative estimate of drug-likeness (QED) is 0.102. The number of anilines is 4. The van der Waals surface area contributed by atoms with Crippen LogP contribution in [-0.2, 0) is 0 Å². The number of hydrogen-bond acceptors (Lipinski definition) is 6. The highest BCUT2D eigenvalue weighted by Gasteiger charge is 2.40. The molecule has 54 heavy (non-hydrogen) atoms. The van der Waals surface area contributed by atoms with Crippen molar-refractivity contribution in [1.82, 2.24) is 15.0 Å². The molecular formula is C46H35BrN5OP. The van der Waals surface area contributed by atoms with E-state index in [-0.39, 0.29) is 0 Å². The van der Waals surface area contributed by atoms with Crippen LogP contribution in [0.2, 0.25) is 0 Å². The predicted octanol–water partition coefficient (Wildman–Crippen LogP) is 13.9. The van der Waals surface area contributed by atoms with Crippen LogP contribution in [0.3, 0.4) is 0 Å². The van der Waals surface area contributed by atoms with Gasteiger partial charge in [-0.1, -0.05) is 139 Å². The van der Waals surface area contributed by atoms with Gasteiger partial charge in [-0.2, -0.15) is 0 Å². The maximum absolute atomic E-state index is 6.46. The maximum atomic E-state index is 6.46. The molecule has 1 aliphatic heterocycles. The third kappa shape index (κ3) is 6.32. The lowest BCUT2D eigenvalue weighted by Gasteiger charge is -2.33. The van der Waals surface area contributed by atoms with Gasteiger partial charge in [0.2, 0.25) is 0 Å². The molecule has 6 nitrogen and oxygen atoms in total. The first kappa shape index (κ1) is 34.9. The summed E-state index contributed by atoms with van der Waals surface area (Å²) < 4.78 is 12.2. The number of fused-ring (bicyclic) bond motifs is 2. The van der Waals surface area contributed by atoms with E-state index in [2.05, 4.69) is 106 Å². The van der Waals surface area contributed by atoms with Crippen LogP contribution in [0, 0.1) is 0 Å². The molecule has 0 radical (unpaired) electrons. The van der Waals surface area contributed by atoms with Crippen molar-refractivity contribution in [3.05, 3.63) is 186 Å². The van der Waals surface area contributed by atoms with Crippen molar-refractivity contribution in [2.45, 2.75) is 6.92 Å². The van der Waals surface area contributed by atoms with Gasteiger partial charge >= 0.3 is 0 Å². The molecule has 0 spiro atoms. The van der Waals surface area contributed by atoms with Crippen LogP contribution >= 0.6 is 24.2 Å². The van der Waals surface area contributed by atoms with Crippen LogP contribution in [0.15, 0.2) is 180 Å². The van der Waals surface area contributed by atoms with Crippen molar-refractivity contribution in [2.75, 3.05) is 9.34 Å². The van der Waals surface area contributed by atoms with E-state index in [0.29, 0.717) is 23.1 Å². The number of para-hydroxylation sites is 2. The zero-order valence-electron chi connectivity index (χ0n) is 29.6. The van der Waals surface area contributed by atoms with Crippen LogP contribution in [0.1, 0.15) is 18.2 Å². The van der Waals surface area contributed by atoms with E-state index in [0.717, 1.165) is 65.9 Å². The van der Waals surface area contributed by atoms with Gasteiger partial charge in [0.25, 0.3) is 0 Å². The molecular weight excluding hydrogens is 749 g/mol. The van der Waals surface area contributed by atoms with E-state index in [4.69, 9.17) is 19.4 Å². The molecule has 262 valence electrons. The van der Waals surface area contributed by atoms with E-state index in [9.17, 15) is 0 Å². The summed E-state index contributed by atoms with van der Waals surface area (Å²) in [5.74, 6) is 2.37. The van der Waals surface area contributed by atoms with E-state index < -0.39 is 8.22 Å². The summed E-state index contributed by atoms with van der Waals surface area (Å²) in [6.45, 7) is 14.3. The van der Waals surface area contributed by atoms with Gasteiger partial charge in [-0.25, -0.2) is 15.0 Å². The Kier molecular flexibility index (Phi) is 9.75. The average molecular weight is 785 g/mol.